The zero-order valence-corrected chi connectivity index (χ0v) is 6.53. The predicted octanol–water partition coefficient (Wildman–Crippen LogP) is 2.51. The second-order valence-electron chi connectivity index (χ2n) is 2.65. The van der Waals surface area contributed by atoms with Crippen molar-refractivity contribution < 1.29 is 17.6 Å². The van der Waals surface area contributed by atoms with E-state index in [9.17, 15) is 17.6 Å². The van der Waals surface area contributed by atoms with Gasteiger partial charge in [-0.2, -0.15) is 13.2 Å². The van der Waals surface area contributed by atoms with Crippen LogP contribution >= 0.6 is 0 Å². The molecule has 1 aromatic carbocycles. The molecule has 0 aliphatic rings. The number of nitrogens with two attached hydrogens (primary N) is 1. The predicted molar refractivity (Wildman–Crippen MR) is 40.6 cm³/mol. The summed E-state index contributed by atoms with van der Waals surface area (Å²) in [4.78, 5) is 0. The van der Waals surface area contributed by atoms with E-state index in [1.165, 1.54) is 0 Å². The van der Waals surface area contributed by atoms with Crippen LogP contribution in [0.4, 0.5) is 23.2 Å². The molecule has 1 aromatic rings. The summed E-state index contributed by atoms with van der Waals surface area (Å²) in [5, 5.41) is 0. The quantitative estimate of drug-likeness (QED) is 0.538. The van der Waals surface area contributed by atoms with Gasteiger partial charge in [0, 0.05) is 0 Å². The van der Waals surface area contributed by atoms with Gasteiger partial charge in [0.15, 0.2) is 0 Å². The van der Waals surface area contributed by atoms with Crippen LogP contribution < -0.4 is 5.73 Å². The molecule has 13 heavy (non-hydrogen) atoms. The molecule has 0 unspecified atom stereocenters. The Morgan fingerprint density at radius 2 is 1.85 bits per heavy atom. The van der Waals surface area contributed by atoms with E-state index in [2.05, 4.69) is 0 Å². The molecule has 5 heteroatoms. The molecule has 0 saturated carbocycles. The van der Waals surface area contributed by atoms with Crippen molar-refractivity contribution in [2.24, 2.45) is 0 Å². The van der Waals surface area contributed by atoms with Crippen molar-refractivity contribution >= 4 is 5.69 Å². The third-order valence-electron chi connectivity index (χ3n) is 1.46. The second kappa shape index (κ2) is 3.24. The summed E-state index contributed by atoms with van der Waals surface area (Å²) in [6.07, 6.45) is -5.37. The summed E-state index contributed by atoms with van der Waals surface area (Å²) in [6, 6.07) is 2.98. The normalized spacial score (nSPS) is 11.7. The van der Waals surface area contributed by atoms with Crippen LogP contribution in [0.25, 0.3) is 0 Å². The monoisotopic (exact) mass is 193 g/mol. The molecule has 72 valence electrons. The SMILES string of the molecule is Nc1cc(CC(F)(F)F)ccc1F. The van der Waals surface area contributed by atoms with E-state index < -0.39 is 18.4 Å². The minimum absolute atomic E-state index is 0.0357. The first-order valence-corrected chi connectivity index (χ1v) is 3.49. The first-order chi connectivity index (χ1) is 5.88. The van der Waals surface area contributed by atoms with E-state index in [-0.39, 0.29) is 11.3 Å². The van der Waals surface area contributed by atoms with Crippen LogP contribution in [-0.2, 0) is 6.42 Å². The highest BCUT2D eigenvalue weighted by atomic mass is 19.4. The minimum Gasteiger partial charge on any atom is -0.396 e. The fraction of sp³-hybridized carbons (Fsp3) is 0.250. The van der Waals surface area contributed by atoms with Crippen molar-refractivity contribution in [2.75, 3.05) is 5.73 Å². The molecule has 0 spiro atoms. The highest BCUT2D eigenvalue weighted by molar-refractivity contribution is 5.42. The van der Waals surface area contributed by atoms with E-state index in [0.29, 0.717) is 0 Å². The molecule has 1 nitrogen and oxygen atoms in total. The van der Waals surface area contributed by atoms with Crippen LogP contribution in [0.2, 0.25) is 0 Å². The Bertz CT molecular complexity index is 306. The molecule has 0 amide bonds. The van der Waals surface area contributed by atoms with Gasteiger partial charge in [-0.25, -0.2) is 4.39 Å². The fourth-order valence-electron chi connectivity index (χ4n) is 0.935. The van der Waals surface area contributed by atoms with Crippen LogP contribution in [0.5, 0.6) is 0 Å². The van der Waals surface area contributed by atoms with Gasteiger partial charge < -0.3 is 5.73 Å². The lowest BCUT2D eigenvalue weighted by atomic mass is 10.1. The van der Waals surface area contributed by atoms with Gasteiger partial charge in [-0.3, -0.25) is 0 Å². The zero-order valence-electron chi connectivity index (χ0n) is 6.53. The Hall–Kier alpha value is -1.26. The molecule has 0 aromatic heterocycles. The largest absolute Gasteiger partial charge is 0.396 e. The van der Waals surface area contributed by atoms with E-state index in [1.54, 1.807) is 0 Å². The molecule has 0 aliphatic carbocycles. The van der Waals surface area contributed by atoms with E-state index in [0.717, 1.165) is 18.2 Å². The van der Waals surface area contributed by atoms with Crippen molar-refractivity contribution in [3.8, 4) is 0 Å². The van der Waals surface area contributed by atoms with Crippen LogP contribution in [0.1, 0.15) is 5.56 Å². The summed E-state index contributed by atoms with van der Waals surface area (Å²) < 4.78 is 48.0. The highest BCUT2D eigenvalue weighted by Gasteiger charge is 2.27. The van der Waals surface area contributed by atoms with Gasteiger partial charge in [0.25, 0.3) is 0 Å². The van der Waals surface area contributed by atoms with Crippen molar-refractivity contribution in [1.82, 2.24) is 0 Å². The molecular weight excluding hydrogens is 186 g/mol. The molecular formula is C8H7F4N. The average Bonchev–Trinajstić information content (AvgIpc) is 1.94. The third-order valence-corrected chi connectivity index (χ3v) is 1.46. The van der Waals surface area contributed by atoms with Gasteiger partial charge in [0.1, 0.15) is 5.82 Å². The molecule has 0 atom stereocenters. The molecule has 1 rings (SSSR count). The molecule has 0 fully saturated rings. The highest BCUT2D eigenvalue weighted by Crippen LogP contribution is 2.23. The maximum absolute atomic E-state index is 12.5. The fourth-order valence-corrected chi connectivity index (χ4v) is 0.935. The number of benzene rings is 1. The average molecular weight is 193 g/mol. The van der Waals surface area contributed by atoms with E-state index >= 15 is 0 Å². The Balaban J connectivity index is 2.86. The standard InChI is InChI=1S/C8H7F4N/c9-6-2-1-5(3-7(6)13)4-8(10,11)12/h1-3H,4,13H2. The first kappa shape index (κ1) is 9.83. The number of halogens is 4. The molecule has 2 N–H and O–H groups in total. The number of nitrogen functional groups attached to an aromatic ring is 1. The van der Waals surface area contributed by atoms with Crippen molar-refractivity contribution in [2.45, 2.75) is 12.6 Å². The van der Waals surface area contributed by atoms with E-state index in [1.807, 2.05) is 0 Å². The lowest BCUT2D eigenvalue weighted by molar-refractivity contribution is -0.127. The van der Waals surface area contributed by atoms with E-state index in [4.69, 9.17) is 5.73 Å². The number of hydrogen-bond donors (Lipinski definition) is 1. The van der Waals surface area contributed by atoms with Crippen LogP contribution in [0.15, 0.2) is 18.2 Å². The molecule has 0 saturated heterocycles. The lowest BCUT2D eigenvalue weighted by Crippen LogP contribution is -2.11. The Morgan fingerprint density at radius 3 is 2.31 bits per heavy atom. The topological polar surface area (TPSA) is 26.0 Å². The Kier molecular flexibility index (Phi) is 2.45. The van der Waals surface area contributed by atoms with Crippen molar-refractivity contribution in [3.63, 3.8) is 0 Å². The van der Waals surface area contributed by atoms with Gasteiger partial charge in [-0.05, 0) is 17.7 Å². The number of hydrogen-bond acceptors (Lipinski definition) is 1. The van der Waals surface area contributed by atoms with Gasteiger partial charge in [-0.1, -0.05) is 6.07 Å². The summed E-state index contributed by atoms with van der Waals surface area (Å²) in [7, 11) is 0. The summed E-state index contributed by atoms with van der Waals surface area (Å²) in [5.41, 5.74) is 4.80. The first-order valence-electron chi connectivity index (χ1n) is 3.49. The van der Waals surface area contributed by atoms with Crippen molar-refractivity contribution in [3.05, 3.63) is 29.6 Å². The summed E-state index contributed by atoms with van der Waals surface area (Å²) >= 11 is 0. The van der Waals surface area contributed by atoms with Crippen molar-refractivity contribution in [1.29, 1.82) is 0 Å². The van der Waals surface area contributed by atoms with Gasteiger partial charge in [0.2, 0.25) is 0 Å². The molecule has 0 heterocycles. The zero-order chi connectivity index (χ0) is 10.1. The van der Waals surface area contributed by atoms with Crippen LogP contribution in [0, 0.1) is 5.82 Å². The molecule has 0 aliphatic heterocycles. The maximum atomic E-state index is 12.5. The summed E-state index contributed by atoms with van der Waals surface area (Å²) in [6.45, 7) is 0. The van der Waals surface area contributed by atoms with Gasteiger partial charge in [0.05, 0.1) is 12.1 Å². The molecule has 0 bridgehead atoms. The minimum atomic E-state index is -4.29. The smallest absolute Gasteiger partial charge is 0.393 e. The van der Waals surface area contributed by atoms with Crippen LogP contribution in [0.3, 0.4) is 0 Å². The van der Waals surface area contributed by atoms with Gasteiger partial charge in [-0.15, -0.1) is 0 Å². The Labute approximate surface area is 72.2 Å². The lowest BCUT2D eigenvalue weighted by Gasteiger charge is -2.06. The Morgan fingerprint density at radius 1 is 1.23 bits per heavy atom. The number of alkyl halides is 3. The number of anilines is 1. The third kappa shape index (κ3) is 2.93. The van der Waals surface area contributed by atoms with Crippen LogP contribution in [-0.4, -0.2) is 6.18 Å². The second-order valence-corrected chi connectivity index (χ2v) is 2.65. The van der Waals surface area contributed by atoms with Gasteiger partial charge >= 0.3 is 6.18 Å². The number of rotatable bonds is 1. The maximum Gasteiger partial charge on any atom is 0.393 e. The molecule has 0 radical (unpaired) electrons. The summed E-state index contributed by atoms with van der Waals surface area (Å²) in [5.74, 6) is -0.703.